The van der Waals surface area contributed by atoms with E-state index in [1.165, 1.54) is 5.69 Å². The van der Waals surface area contributed by atoms with Crippen LogP contribution in [0.15, 0.2) is 48.5 Å². The molecule has 8 heteroatoms. The lowest BCUT2D eigenvalue weighted by Crippen LogP contribution is -2.49. The number of rotatable bonds is 6. The molecule has 0 bridgehead atoms. The van der Waals surface area contributed by atoms with E-state index in [1.807, 2.05) is 36.4 Å². The molecular formula is C21H24Cl2N4O2. The Balaban J connectivity index is 1.32. The summed E-state index contributed by atoms with van der Waals surface area (Å²) in [7, 11) is 0. The first kappa shape index (κ1) is 21.4. The van der Waals surface area contributed by atoms with E-state index in [2.05, 4.69) is 20.4 Å². The van der Waals surface area contributed by atoms with Crippen molar-refractivity contribution in [2.45, 2.75) is 6.54 Å². The van der Waals surface area contributed by atoms with Crippen LogP contribution in [0.4, 0.5) is 5.69 Å². The van der Waals surface area contributed by atoms with E-state index in [1.54, 1.807) is 12.1 Å². The largest absolute Gasteiger partial charge is 0.369 e. The van der Waals surface area contributed by atoms with Crippen molar-refractivity contribution in [2.75, 3.05) is 44.2 Å². The van der Waals surface area contributed by atoms with Crippen LogP contribution in [0.25, 0.3) is 0 Å². The second-order valence-electron chi connectivity index (χ2n) is 6.87. The van der Waals surface area contributed by atoms with Gasteiger partial charge in [0.1, 0.15) is 0 Å². The monoisotopic (exact) mass is 434 g/mol. The molecule has 154 valence electrons. The highest BCUT2D eigenvalue weighted by Gasteiger charge is 2.18. The summed E-state index contributed by atoms with van der Waals surface area (Å²) in [4.78, 5) is 28.4. The van der Waals surface area contributed by atoms with Gasteiger partial charge in [0.25, 0.3) is 0 Å². The number of hydrogen-bond donors (Lipinski definition) is 2. The third-order valence-corrected chi connectivity index (χ3v) is 5.35. The Kier molecular flexibility index (Phi) is 7.75. The number of amides is 2. The van der Waals surface area contributed by atoms with Gasteiger partial charge in [0.2, 0.25) is 0 Å². The summed E-state index contributed by atoms with van der Waals surface area (Å²) in [6.45, 7) is 5.08. The van der Waals surface area contributed by atoms with Gasteiger partial charge >= 0.3 is 11.8 Å². The van der Waals surface area contributed by atoms with Gasteiger partial charge in [-0.15, -0.1) is 0 Å². The van der Waals surface area contributed by atoms with Gasteiger partial charge in [-0.3, -0.25) is 14.5 Å². The number of piperazine rings is 1. The van der Waals surface area contributed by atoms with E-state index in [9.17, 15) is 9.59 Å². The molecule has 0 spiro atoms. The van der Waals surface area contributed by atoms with Gasteiger partial charge in [-0.25, -0.2) is 0 Å². The number of carbonyl (C=O) groups excluding carboxylic acids is 2. The first-order valence-corrected chi connectivity index (χ1v) is 10.3. The van der Waals surface area contributed by atoms with Crippen molar-refractivity contribution in [1.82, 2.24) is 15.5 Å². The molecule has 6 nitrogen and oxygen atoms in total. The zero-order valence-electron chi connectivity index (χ0n) is 16.0. The summed E-state index contributed by atoms with van der Waals surface area (Å²) in [5.74, 6) is -1.24. The van der Waals surface area contributed by atoms with E-state index in [0.29, 0.717) is 18.1 Å². The molecule has 0 saturated carbocycles. The topological polar surface area (TPSA) is 64.7 Å². The standard InChI is InChI=1S/C21H24Cl2N4O2/c22-17-3-1-16(2-4-17)15-25-21(29)20(28)24-9-10-26-11-13-27(14-12-26)19-7-5-18(23)6-8-19/h1-8H,9-15H2,(H,24,28)(H,25,29). The predicted octanol–water partition coefficient (Wildman–Crippen LogP) is 2.55. The Hall–Kier alpha value is -2.28. The molecule has 0 radical (unpaired) electrons. The second-order valence-corrected chi connectivity index (χ2v) is 7.74. The van der Waals surface area contributed by atoms with Crippen LogP contribution in [0.3, 0.4) is 0 Å². The molecule has 1 heterocycles. The molecule has 2 amide bonds. The first-order valence-electron chi connectivity index (χ1n) is 9.54. The molecule has 2 aromatic carbocycles. The average molecular weight is 435 g/mol. The van der Waals surface area contributed by atoms with Gasteiger partial charge in [0.05, 0.1) is 0 Å². The van der Waals surface area contributed by atoms with Crippen LogP contribution >= 0.6 is 23.2 Å². The third-order valence-electron chi connectivity index (χ3n) is 4.85. The average Bonchev–Trinajstić information content (AvgIpc) is 2.74. The maximum atomic E-state index is 11.9. The summed E-state index contributed by atoms with van der Waals surface area (Å²) < 4.78 is 0. The van der Waals surface area contributed by atoms with Crippen molar-refractivity contribution in [3.63, 3.8) is 0 Å². The highest BCUT2D eigenvalue weighted by Crippen LogP contribution is 2.19. The normalized spacial score (nSPS) is 14.5. The van der Waals surface area contributed by atoms with Gasteiger partial charge < -0.3 is 15.5 Å². The third kappa shape index (κ3) is 6.63. The first-order chi connectivity index (χ1) is 14.0. The van der Waals surface area contributed by atoms with Crippen LogP contribution in [0, 0.1) is 0 Å². The summed E-state index contributed by atoms with van der Waals surface area (Å²) in [6.07, 6.45) is 0. The molecule has 0 aliphatic carbocycles. The second kappa shape index (κ2) is 10.5. The van der Waals surface area contributed by atoms with Crippen molar-refractivity contribution < 1.29 is 9.59 Å². The lowest BCUT2D eigenvalue weighted by Gasteiger charge is -2.36. The number of carbonyl (C=O) groups is 2. The van der Waals surface area contributed by atoms with Crippen molar-refractivity contribution in [1.29, 1.82) is 0 Å². The molecule has 1 aliphatic heterocycles. The number of halogens is 2. The predicted molar refractivity (Wildman–Crippen MR) is 116 cm³/mol. The van der Waals surface area contributed by atoms with Crippen LogP contribution in [0.1, 0.15) is 5.56 Å². The minimum Gasteiger partial charge on any atom is -0.369 e. The van der Waals surface area contributed by atoms with Crippen molar-refractivity contribution >= 4 is 40.7 Å². The number of nitrogens with one attached hydrogen (secondary N) is 2. The van der Waals surface area contributed by atoms with Crippen molar-refractivity contribution in [3.8, 4) is 0 Å². The van der Waals surface area contributed by atoms with Gasteiger partial charge in [-0.1, -0.05) is 35.3 Å². The molecule has 2 aromatic rings. The molecule has 29 heavy (non-hydrogen) atoms. The molecule has 0 atom stereocenters. The quantitative estimate of drug-likeness (QED) is 0.685. The summed E-state index contributed by atoms with van der Waals surface area (Å²) >= 11 is 11.8. The van der Waals surface area contributed by atoms with Crippen LogP contribution < -0.4 is 15.5 Å². The highest BCUT2D eigenvalue weighted by atomic mass is 35.5. The van der Waals surface area contributed by atoms with Gasteiger partial charge in [-0.2, -0.15) is 0 Å². The summed E-state index contributed by atoms with van der Waals surface area (Å²) in [5.41, 5.74) is 2.05. The molecule has 0 aromatic heterocycles. The molecule has 1 fully saturated rings. The fraction of sp³-hybridized carbons (Fsp3) is 0.333. The smallest absolute Gasteiger partial charge is 0.309 e. The van der Waals surface area contributed by atoms with Gasteiger partial charge in [-0.05, 0) is 42.0 Å². The minimum atomic E-state index is -0.632. The number of anilines is 1. The molecule has 3 rings (SSSR count). The van der Waals surface area contributed by atoms with Crippen molar-refractivity contribution in [3.05, 3.63) is 64.1 Å². The maximum Gasteiger partial charge on any atom is 0.309 e. The zero-order valence-corrected chi connectivity index (χ0v) is 17.5. The Bertz CT molecular complexity index is 820. The number of benzene rings is 2. The van der Waals surface area contributed by atoms with Crippen LogP contribution in [0.2, 0.25) is 10.0 Å². The Morgan fingerprint density at radius 2 is 1.34 bits per heavy atom. The van der Waals surface area contributed by atoms with E-state index in [-0.39, 0.29) is 6.54 Å². The van der Waals surface area contributed by atoms with Crippen LogP contribution in [-0.4, -0.2) is 56.0 Å². The highest BCUT2D eigenvalue weighted by molar-refractivity contribution is 6.35. The minimum absolute atomic E-state index is 0.288. The fourth-order valence-corrected chi connectivity index (χ4v) is 3.41. The van der Waals surface area contributed by atoms with Gasteiger partial charge in [0, 0.05) is 61.5 Å². The molecule has 0 unspecified atom stereocenters. The fourth-order valence-electron chi connectivity index (χ4n) is 3.15. The SMILES string of the molecule is O=C(NCCN1CCN(c2ccc(Cl)cc2)CC1)C(=O)NCc1ccc(Cl)cc1. The maximum absolute atomic E-state index is 11.9. The van der Waals surface area contributed by atoms with E-state index >= 15 is 0 Å². The Labute approximate surface area is 180 Å². The van der Waals surface area contributed by atoms with E-state index < -0.39 is 11.8 Å². The van der Waals surface area contributed by atoms with E-state index in [4.69, 9.17) is 23.2 Å². The van der Waals surface area contributed by atoms with Gasteiger partial charge in [0.15, 0.2) is 0 Å². The van der Waals surface area contributed by atoms with E-state index in [0.717, 1.165) is 36.8 Å². The van der Waals surface area contributed by atoms with Crippen LogP contribution in [-0.2, 0) is 16.1 Å². The summed E-state index contributed by atoms with van der Waals surface area (Å²) in [6, 6.07) is 15.0. The molecule has 2 N–H and O–H groups in total. The Morgan fingerprint density at radius 1 is 0.793 bits per heavy atom. The van der Waals surface area contributed by atoms with Crippen LogP contribution in [0.5, 0.6) is 0 Å². The Morgan fingerprint density at radius 3 is 1.97 bits per heavy atom. The number of nitrogens with zero attached hydrogens (tertiary/aromatic N) is 2. The number of hydrogen-bond acceptors (Lipinski definition) is 4. The lowest BCUT2D eigenvalue weighted by molar-refractivity contribution is -0.139. The summed E-state index contributed by atoms with van der Waals surface area (Å²) in [5, 5.41) is 6.66. The zero-order chi connectivity index (χ0) is 20.6. The lowest BCUT2D eigenvalue weighted by atomic mass is 10.2. The molecular weight excluding hydrogens is 411 g/mol. The molecule has 1 saturated heterocycles. The molecule has 1 aliphatic rings. The van der Waals surface area contributed by atoms with Crippen molar-refractivity contribution in [2.24, 2.45) is 0 Å².